The molecular weight excluding hydrogens is 346 g/mol. The molecule has 0 unspecified atom stereocenters. The van der Waals surface area contributed by atoms with Crippen molar-refractivity contribution >= 4 is 17.5 Å². The first-order valence-corrected chi connectivity index (χ1v) is 8.08. The number of aliphatic hydroxyl groups excluding tert-OH is 1. The Morgan fingerprint density at radius 1 is 1.28 bits per heavy atom. The maximum atomic E-state index is 12.7. The third-order valence-corrected chi connectivity index (χ3v) is 4.46. The van der Waals surface area contributed by atoms with E-state index in [1.54, 1.807) is 23.1 Å². The van der Waals surface area contributed by atoms with Crippen molar-refractivity contribution in [3.8, 4) is 11.3 Å². The summed E-state index contributed by atoms with van der Waals surface area (Å²) in [7, 11) is 0. The minimum atomic E-state index is -0.248. The molecule has 1 amide bonds. The fraction of sp³-hybridized carbons (Fsp3) is 0.250. The lowest BCUT2D eigenvalue weighted by Gasteiger charge is -2.26. The number of aromatic nitrogens is 4. The Hall–Kier alpha value is -2.71. The van der Waals surface area contributed by atoms with Crippen LogP contribution in [0.2, 0.25) is 5.02 Å². The molecule has 8 nitrogen and oxygen atoms in total. The number of benzene rings is 1. The van der Waals surface area contributed by atoms with Crippen LogP contribution in [-0.2, 0) is 19.7 Å². The predicted octanol–water partition coefficient (Wildman–Crippen LogP) is 1.73. The average Bonchev–Trinajstić information content (AvgIpc) is 3.28. The van der Waals surface area contributed by atoms with Gasteiger partial charge in [-0.2, -0.15) is 0 Å². The van der Waals surface area contributed by atoms with Crippen LogP contribution in [0.3, 0.4) is 0 Å². The number of carbonyl (C=O) groups excluding carboxylic acids is 1. The Labute approximate surface area is 147 Å². The molecule has 0 saturated heterocycles. The van der Waals surface area contributed by atoms with Crippen molar-refractivity contribution in [3.63, 3.8) is 0 Å². The van der Waals surface area contributed by atoms with Crippen LogP contribution >= 0.6 is 11.6 Å². The van der Waals surface area contributed by atoms with E-state index in [2.05, 4.69) is 15.4 Å². The highest BCUT2D eigenvalue weighted by atomic mass is 35.5. The van der Waals surface area contributed by atoms with Crippen LogP contribution in [0.1, 0.15) is 22.1 Å². The molecule has 1 N–H and O–H groups in total. The number of nitrogens with zero attached hydrogens (tertiary/aromatic N) is 5. The van der Waals surface area contributed by atoms with Gasteiger partial charge in [-0.25, -0.2) is 0 Å². The molecule has 0 bridgehead atoms. The smallest absolute Gasteiger partial charge is 0.276 e. The monoisotopic (exact) mass is 359 g/mol. The van der Waals surface area contributed by atoms with Crippen molar-refractivity contribution < 1.29 is 14.4 Å². The molecule has 1 aromatic carbocycles. The molecule has 9 heteroatoms. The Morgan fingerprint density at radius 3 is 2.92 bits per heavy atom. The number of fused-ring (bicyclic) bond motifs is 1. The fourth-order valence-corrected chi connectivity index (χ4v) is 3.06. The summed E-state index contributed by atoms with van der Waals surface area (Å²) in [6.45, 7) is 1.13. The summed E-state index contributed by atoms with van der Waals surface area (Å²) < 4.78 is 7.11. The minimum absolute atomic E-state index is 0.175. The van der Waals surface area contributed by atoms with Crippen LogP contribution in [0.5, 0.6) is 0 Å². The minimum Gasteiger partial charge on any atom is -0.388 e. The zero-order valence-electron chi connectivity index (χ0n) is 13.1. The maximum Gasteiger partial charge on any atom is 0.276 e. The number of amides is 1. The van der Waals surface area contributed by atoms with Crippen molar-refractivity contribution in [2.45, 2.75) is 19.7 Å². The predicted molar refractivity (Wildman–Crippen MR) is 87.6 cm³/mol. The lowest BCUT2D eigenvalue weighted by molar-refractivity contribution is 0.0694. The van der Waals surface area contributed by atoms with Crippen molar-refractivity contribution in [3.05, 3.63) is 52.7 Å². The van der Waals surface area contributed by atoms with Gasteiger partial charge in [-0.05, 0) is 12.1 Å². The number of aliphatic hydroxyl groups is 1. The first-order chi connectivity index (χ1) is 12.2. The Bertz CT molecular complexity index is 936. The van der Waals surface area contributed by atoms with Gasteiger partial charge in [0, 0.05) is 24.7 Å². The summed E-state index contributed by atoms with van der Waals surface area (Å²) >= 11 is 6.15. The fourth-order valence-electron chi connectivity index (χ4n) is 2.83. The zero-order chi connectivity index (χ0) is 17.4. The van der Waals surface area contributed by atoms with E-state index in [4.69, 9.17) is 16.1 Å². The standard InChI is InChI=1S/C16H14ClN5O3/c17-11-4-2-1-3-10(11)13-7-12(20-25-13)16(24)21-5-6-22-14(8-21)18-19-15(22)9-23/h1-4,7,23H,5-6,8-9H2. The first kappa shape index (κ1) is 15.8. The maximum absolute atomic E-state index is 12.7. The van der Waals surface area contributed by atoms with Gasteiger partial charge in [0.2, 0.25) is 0 Å². The van der Waals surface area contributed by atoms with E-state index in [-0.39, 0.29) is 18.2 Å². The lowest BCUT2D eigenvalue weighted by Crippen LogP contribution is -2.39. The molecule has 0 radical (unpaired) electrons. The third kappa shape index (κ3) is 2.79. The normalized spacial score (nSPS) is 13.8. The van der Waals surface area contributed by atoms with E-state index in [0.717, 1.165) is 0 Å². The Morgan fingerprint density at radius 2 is 2.12 bits per heavy atom. The molecule has 128 valence electrons. The quantitative estimate of drug-likeness (QED) is 0.765. The second-order valence-corrected chi connectivity index (χ2v) is 6.03. The molecule has 0 aliphatic carbocycles. The van der Waals surface area contributed by atoms with Crippen LogP contribution in [0, 0.1) is 0 Å². The van der Waals surface area contributed by atoms with Crippen LogP contribution in [0.25, 0.3) is 11.3 Å². The van der Waals surface area contributed by atoms with Crippen LogP contribution in [-0.4, -0.2) is 42.4 Å². The van der Waals surface area contributed by atoms with Crippen LogP contribution in [0.4, 0.5) is 0 Å². The highest BCUT2D eigenvalue weighted by Crippen LogP contribution is 2.28. The highest BCUT2D eigenvalue weighted by molar-refractivity contribution is 6.33. The van der Waals surface area contributed by atoms with Gasteiger partial charge < -0.3 is 19.1 Å². The van der Waals surface area contributed by atoms with E-state index < -0.39 is 0 Å². The van der Waals surface area contributed by atoms with Crippen molar-refractivity contribution in [2.75, 3.05) is 6.54 Å². The van der Waals surface area contributed by atoms with E-state index in [0.29, 0.717) is 47.6 Å². The van der Waals surface area contributed by atoms with E-state index >= 15 is 0 Å². The number of carbonyl (C=O) groups is 1. The van der Waals surface area contributed by atoms with E-state index in [1.807, 2.05) is 16.7 Å². The van der Waals surface area contributed by atoms with Gasteiger partial charge in [-0.3, -0.25) is 4.79 Å². The van der Waals surface area contributed by atoms with E-state index in [1.165, 1.54) is 0 Å². The highest BCUT2D eigenvalue weighted by Gasteiger charge is 2.27. The van der Waals surface area contributed by atoms with Gasteiger partial charge in [-0.1, -0.05) is 28.9 Å². The summed E-state index contributed by atoms with van der Waals surface area (Å²) in [6.07, 6.45) is 0. The number of rotatable bonds is 3. The molecule has 1 aliphatic heterocycles. The van der Waals surface area contributed by atoms with Gasteiger partial charge in [0.15, 0.2) is 23.1 Å². The first-order valence-electron chi connectivity index (χ1n) is 7.70. The third-order valence-electron chi connectivity index (χ3n) is 4.13. The molecule has 4 rings (SSSR count). The Balaban J connectivity index is 1.55. The largest absolute Gasteiger partial charge is 0.388 e. The second-order valence-electron chi connectivity index (χ2n) is 5.63. The van der Waals surface area contributed by atoms with Crippen LogP contribution in [0.15, 0.2) is 34.9 Å². The molecule has 0 spiro atoms. The molecule has 0 fully saturated rings. The number of hydrogen-bond acceptors (Lipinski definition) is 6. The molecule has 3 aromatic rings. The van der Waals surface area contributed by atoms with Gasteiger partial charge in [0.25, 0.3) is 5.91 Å². The number of halogens is 1. The molecule has 2 aromatic heterocycles. The summed E-state index contributed by atoms with van der Waals surface area (Å²) in [5.74, 6) is 1.33. The summed E-state index contributed by atoms with van der Waals surface area (Å²) in [5.41, 5.74) is 0.895. The summed E-state index contributed by atoms with van der Waals surface area (Å²) in [4.78, 5) is 14.3. The topological polar surface area (TPSA) is 97.3 Å². The van der Waals surface area contributed by atoms with E-state index in [9.17, 15) is 9.90 Å². The second kappa shape index (κ2) is 6.30. The lowest BCUT2D eigenvalue weighted by atomic mass is 10.1. The van der Waals surface area contributed by atoms with Gasteiger partial charge in [0.05, 0.1) is 11.6 Å². The van der Waals surface area contributed by atoms with Crippen molar-refractivity contribution in [1.29, 1.82) is 0 Å². The molecule has 0 atom stereocenters. The van der Waals surface area contributed by atoms with Gasteiger partial charge in [-0.15, -0.1) is 10.2 Å². The molecule has 1 aliphatic rings. The molecule has 3 heterocycles. The van der Waals surface area contributed by atoms with Gasteiger partial charge >= 0.3 is 0 Å². The zero-order valence-corrected chi connectivity index (χ0v) is 13.8. The summed E-state index contributed by atoms with van der Waals surface area (Å²) in [5, 5.41) is 21.6. The molecule has 0 saturated carbocycles. The molecule has 25 heavy (non-hydrogen) atoms. The van der Waals surface area contributed by atoms with Gasteiger partial charge in [0.1, 0.15) is 6.61 Å². The average molecular weight is 360 g/mol. The van der Waals surface area contributed by atoms with Crippen molar-refractivity contribution in [1.82, 2.24) is 24.8 Å². The molecular formula is C16H14ClN5O3. The summed E-state index contributed by atoms with van der Waals surface area (Å²) in [6, 6.07) is 8.79. The Kier molecular flexibility index (Phi) is 3.98. The number of hydrogen-bond donors (Lipinski definition) is 1. The SMILES string of the molecule is O=C(c1cc(-c2ccccc2Cl)on1)N1CCn2c(CO)nnc2C1. The van der Waals surface area contributed by atoms with Crippen LogP contribution < -0.4 is 0 Å². The van der Waals surface area contributed by atoms with Crippen molar-refractivity contribution in [2.24, 2.45) is 0 Å².